The first-order chi connectivity index (χ1) is 31.1. The minimum absolute atomic E-state index is 0. The molecular formula is C65H124IKO2. The molecule has 0 amide bonds. The summed E-state index contributed by atoms with van der Waals surface area (Å²) in [7, 11) is 0. The van der Waals surface area contributed by atoms with Crippen LogP contribution in [0.3, 0.4) is 0 Å². The number of hydrogen-bond donors (Lipinski definition) is 0. The predicted octanol–water partition coefficient (Wildman–Crippen LogP) is 18.9. The van der Waals surface area contributed by atoms with Gasteiger partial charge in [-0.15, -0.1) is 24.0 Å². The van der Waals surface area contributed by atoms with Crippen LogP contribution < -0.4 is 51.4 Å². The Bertz CT molecular complexity index is 1170. The zero-order chi connectivity index (χ0) is 49.6. The van der Waals surface area contributed by atoms with Crippen molar-refractivity contribution < 1.29 is 62.3 Å². The van der Waals surface area contributed by atoms with Gasteiger partial charge in [-0.25, -0.2) is 0 Å². The molecule has 6 atom stereocenters. The molecule has 5 aliphatic carbocycles. The minimum atomic E-state index is 0. The van der Waals surface area contributed by atoms with E-state index in [1.54, 1.807) is 11.1 Å². The Balaban J connectivity index is -0.000000353. The Hall–Kier alpha value is 0.986. The average Bonchev–Trinajstić information content (AvgIpc) is 3.30. The molecule has 0 bridgehead atoms. The second kappa shape index (κ2) is 44.1. The maximum absolute atomic E-state index is 5.39. The molecule has 404 valence electrons. The smallest absolute Gasteiger partial charge is 1.00 e. The molecule has 8 rings (SSSR count). The van der Waals surface area contributed by atoms with Crippen LogP contribution in [0.4, 0.5) is 0 Å². The number of ether oxygens (including phenoxy) is 2. The molecule has 1 aromatic rings. The first kappa shape index (κ1) is 74.2. The summed E-state index contributed by atoms with van der Waals surface area (Å²) < 4.78 is 10.8. The van der Waals surface area contributed by atoms with E-state index in [1.165, 1.54) is 164 Å². The molecule has 69 heavy (non-hydrogen) atoms. The predicted molar refractivity (Wildman–Crippen MR) is 320 cm³/mol. The number of allylic oxidation sites excluding steroid dienone is 4. The van der Waals surface area contributed by atoms with Crippen molar-refractivity contribution in [1.82, 2.24) is 0 Å². The fourth-order valence-corrected chi connectivity index (χ4v) is 9.59. The van der Waals surface area contributed by atoms with E-state index < -0.39 is 0 Å². The van der Waals surface area contributed by atoms with Crippen molar-refractivity contribution >= 4 is 24.0 Å². The van der Waals surface area contributed by atoms with Crippen molar-refractivity contribution in [2.24, 2.45) is 59.2 Å². The number of hydrogen-bond acceptors (Lipinski definition) is 2. The number of halogens is 1. The van der Waals surface area contributed by atoms with Gasteiger partial charge in [-0.1, -0.05) is 189 Å². The van der Waals surface area contributed by atoms with Crippen LogP contribution in [0.5, 0.6) is 0 Å². The summed E-state index contributed by atoms with van der Waals surface area (Å²) in [6, 6.07) is 4.36. The summed E-state index contributed by atoms with van der Waals surface area (Å²) in [5, 5.41) is 0. The Kier molecular flexibility index (Phi) is 47.5. The van der Waals surface area contributed by atoms with Crippen molar-refractivity contribution in [2.45, 2.75) is 286 Å². The van der Waals surface area contributed by atoms with Gasteiger partial charge < -0.3 is 10.9 Å². The third kappa shape index (κ3) is 40.0. The third-order valence-corrected chi connectivity index (χ3v) is 16.5. The van der Waals surface area contributed by atoms with Gasteiger partial charge in [0.05, 0.1) is 12.2 Å². The van der Waals surface area contributed by atoms with E-state index in [4.69, 9.17) is 9.47 Å². The molecule has 2 heterocycles. The number of benzene rings is 1. The van der Waals surface area contributed by atoms with Gasteiger partial charge in [-0.2, -0.15) is 0 Å². The zero-order valence-corrected chi connectivity index (χ0v) is 54.9. The van der Waals surface area contributed by atoms with Gasteiger partial charge >= 0.3 is 51.4 Å². The molecule has 5 fully saturated rings. The van der Waals surface area contributed by atoms with E-state index in [1.807, 2.05) is 0 Å². The first-order valence-corrected chi connectivity index (χ1v) is 28.7. The van der Waals surface area contributed by atoms with E-state index in [0.717, 1.165) is 72.4 Å². The summed E-state index contributed by atoms with van der Waals surface area (Å²) in [6.45, 7) is 42.7. The molecule has 3 saturated carbocycles. The molecule has 4 heteroatoms. The molecule has 2 aliphatic heterocycles. The van der Waals surface area contributed by atoms with Crippen LogP contribution in [0.1, 0.15) is 269 Å². The van der Waals surface area contributed by atoms with E-state index in [2.05, 4.69) is 149 Å². The summed E-state index contributed by atoms with van der Waals surface area (Å²) in [4.78, 5) is 0. The maximum atomic E-state index is 5.39. The molecule has 1 aromatic carbocycles. The van der Waals surface area contributed by atoms with E-state index in [0.29, 0.717) is 12.2 Å². The molecule has 0 spiro atoms. The van der Waals surface area contributed by atoms with Gasteiger partial charge in [0, 0.05) is 13.2 Å². The molecule has 2 saturated heterocycles. The fourth-order valence-electron chi connectivity index (χ4n) is 9.59. The SMILES string of the molecule is C.CC1=CCC(C)CC1.CC1=CCC(C)CC1.CC1CCC(C)CC1.CC1CCC(C)CC1.CC1CCC(C)CC1.CC1CCC(C)OC1.CC1CCC(C)OC1.Cc1ccc(C)c(C)c1C.I.[H-].[K+]. The Morgan fingerprint density at radius 3 is 0.739 bits per heavy atom. The third-order valence-electron chi connectivity index (χ3n) is 16.5. The Morgan fingerprint density at radius 2 is 0.580 bits per heavy atom. The van der Waals surface area contributed by atoms with Crippen LogP contribution >= 0.6 is 24.0 Å². The second-order valence-corrected chi connectivity index (χ2v) is 24.6. The van der Waals surface area contributed by atoms with Crippen molar-refractivity contribution in [1.29, 1.82) is 0 Å². The van der Waals surface area contributed by atoms with Gasteiger partial charge in [0.1, 0.15) is 0 Å². The van der Waals surface area contributed by atoms with Crippen LogP contribution in [0.15, 0.2) is 35.4 Å². The molecule has 7 aliphatic rings. The van der Waals surface area contributed by atoms with Crippen molar-refractivity contribution in [3.05, 3.63) is 57.7 Å². The van der Waals surface area contributed by atoms with E-state index in [9.17, 15) is 0 Å². The minimum Gasteiger partial charge on any atom is -1.00 e. The van der Waals surface area contributed by atoms with Gasteiger partial charge in [0.2, 0.25) is 0 Å². The van der Waals surface area contributed by atoms with Gasteiger partial charge in [-0.05, 0) is 201 Å². The van der Waals surface area contributed by atoms with Crippen molar-refractivity contribution in [2.75, 3.05) is 13.2 Å². The quantitative estimate of drug-likeness (QED) is 0.146. The zero-order valence-electron chi connectivity index (χ0n) is 50.4. The van der Waals surface area contributed by atoms with E-state index >= 15 is 0 Å². The Morgan fingerprint density at radius 1 is 0.348 bits per heavy atom. The largest absolute Gasteiger partial charge is 1.00 e. The van der Waals surface area contributed by atoms with Crippen LogP contribution in [0, 0.1) is 86.9 Å². The molecule has 0 aromatic heterocycles. The van der Waals surface area contributed by atoms with E-state index in [-0.39, 0.29) is 84.2 Å². The molecule has 0 radical (unpaired) electrons. The van der Waals surface area contributed by atoms with Gasteiger partial charge in [0.15, 0.2) is 0 Å². The molecule has 6 unspecified atom stereocenters. The fraction of sp³-hybridized carbons (Fsp3) is 0.846. The van der Waals surface area contributed by atoms with Gasteiger partial charge in [0.25, 0.3) is 0 Å². The van der Waals surface area contributed by atoms with Crippen LogP contribution in [0.25, 0.3) is 0 Å². The topological polar surface area (TPSA) is 18.5 Å². The number of rotatable bonds is 0. The Labute approximate surface area is 496 Å². The van der Waals surface area contributed by atoms with Crippen LogP contribution in [0.2, 0.25) is 0 Å². The average molecular weight is 1100 g/mol. The van der Waals surface area contributed by atoms with Crippen molar-refractivity contribution in [3.63, 3.8) is 0 Å². The molecule has 0 N–H and O–H groups in total. The summed E-state index contributed by atoms with van der Waals surface area (Å²) in [5.41, 5.74) is 8.82. The standard InChI is InChI=1S/C10H14.3C8H16.2C8H14.2C7H14O.CH4.HI.K.H/c1-7-5-6-8(2)10(4)9(7)3;5*1-7-3-5-8(2)6-4-7;2*1-6-3-4-7(2)8-5-6;;;;/h5-6H,1-4H3;3*7-8H,3-6H2,1-2H3;2*3,8H,4-6H2,1-2H3;2*6-7H,3-5H2,1-2H3;1H4;1H;;/q;;;;;;;;;;+1;-1. The molecular weight excluding hydrogens is 979 g/mol. The van der Waals surface area contributed by atoms with Gasteiger partial charge in [-0.3, -0.25) is 0 Å². The monoisotopic (exact) mass is 1100 g/mol. The van der Waals surface area contributed by atoms with Crippen LogP contribution in [-0.2, 0) is 9.47 Å². The van der Waals surface area contributed by atoms with Crippen LogP contribution in [-0.4, -0.2) is 25.4 Å². The number of aryl methyl sites for hydroxylation is 2. The first-order valence-electron chi connectivity index (χ1n) is 28.7. The summed E-state index contributed by atoms with van der Waals surface area (Å²) in [6.07, 6.45) is 36.8. The summed E-state index contributed by atoms with van der Waals surface area (Å²) in [5.74, 6) is 9.60. The summed E-state index contributed by atoms with van der Waals surface area (Å²) >= 11 is 0. The maximum Gasteiger partial charge on any atom is 1.00 e. The molecule has 2 nitrogen and oxygen atoms in total. The second-order valence-electron chi connectivity index (χ2n) is 24.6. The van der Waals surface area contributed by atoms with Crippen molar-refractivity contribution in [3.8, 4) is 0 Å². The normalized spacial score (nSPS) is 31.4.